The first-order chi connectivity index (χ1) is 16.9. The number of piperidine rings is 1. The molecule has 1 saturated heterocycles. The van der Waals surface area contributed by atoms with Crippen LogP contribution in [0, 0.1) is 5.92 Å². The van der Waals surface area contributed by atoms with Gasteiger partial charge in [0.15, 0.2) is 17.6 Å². The number of ether oxygens (including phenoxy) is 2. The number of likely N-dealkylation sites (tertiary alicyclic amines) is 1. The molecule has 2 aliphatic heterocycles. The zero-order valence-corrected chi connectivity index (χ0v) is 19.8. The Kier molecular flexibility index (Phi) is 3.69. The zero-order valence-electron chi connectivity index (χ0n) is 19.8. The van der Waals surface area contributed by atoms with Crippen molar-refractivity contribution in [1.29, 1.82) is 0 Å². The number of nitrogens with two attached hydrogens (primary N) is 1. The highest BCUT2D eigenvalue weighted by Gasteiger charge is 2.73. The van der Waals surface area contributed by atoms with Gasteiger partial charge in [-0.2, -0.15) is 0 Å². The van der Waals surface area contributed by atoms with Crippen molar-refractivity contribution in [3.8, 4) is 17.2 Å². The van der Waals surface area contributed by atoms with Gasteiger partial charge in [0.2, 0.25) is 0 Å². The largest absolute Gasteiger partial charge is 0.504 e. The number of hydrogen-bond donors (Lipinski definition) is 3. The summed E-state index contributed by atoms with van der Waals surface area (Å²) in [6.45, 7) is 1.94. The summed E-state index contributed by atoms with van der Waals surface area (Å²) in [5, 5.41) is 24.5. The number of nitrogen functional groups attached to an aromatic ring is 1. The summed E-state index contributed by atoms with van der Waals surface area (Å²) in [5.41, 5.74) is 10.4. The van der Waals surface area contributed by atoms with Crippen molar-refractivity contribution in [3.63, 3.8) is 0 Å². The molecule has 3 aliphatic carbocycles. The van der Waals surface area contributed by atoms with E-state index in [0.717, 1.165) is 65.3 Å². The number of rotatable bonds is 3. The second kappa shape index (κ2) is 6.39. The molecule has 2 unspecified atom stereocenters. The van der Waals surface area contributed by atoms with E-state index in [4.69, 9.17) is 20.2 Å². The van der Waals surface area contributed by atoms with Crippen LogP contribution in [0.2, 0.25) is 0 Å². The lowest BCUT2D eigenvalue weighted by Gasteiger charge is -2.63. The third-order valence-corrected chi connectivity index (χ3v) is 9.58. The van der Waals surface area contributed by atoms with Gasteiger partial charge >= 0.3 is 0 Å². The molecule has 2 bridgehead atoms. The normalized spacial score (nSPS) is 32.2. The Balaban J connectivity index is 1.40. The first kappa shape index (κ1) is 20.2. The highest BCUT2D eigenvalue weighted by molar-refractivity contribution is 5.94. The Hall–Kier alpha value is -3.03. The molecule has 2 aromatic carbocycles. The first-order valence-corrected chi connectivity index (χ1v) is 12.7. The maximum Gasteiger partial charge on any atom is 0.166 e. The minimum atomic E-state index is -1.06. The molecule has 1 saturated carbocycles. The van der Waals surface area contributed by atoms with Gasteiger partial charge in [-0.15, -0.1) is 0 Å². The van der Waals surface area contributed by atoms with Gasteiger partial charge < -0.3 is 25.4 Å². The quantitative estimate of drug-likeness (QED) is 0.539. The smallest absolute Gasteiger partial charge is 0.166 e. The molecule has 7 nitrogen and oxygen atoms in total. The molecule has 180 valence electrons. The van der Waals surface area contributed by atoms with E-state index >= 15 is 0 Å². The molecular weight excluding hydrogens is 442 g/mol. The number of aromatic nitrogens is 1. The van der Waals surface area contributed by atoms with Crippen LogP contribution in [-0.4, -0.2) is 51.9 Å². The molecule has 2 fully saturated rings. The molecule has 5 aliphatic rings. The van der Waals surface area contributed by atoms with Gasteiger partial charge in [-0.25, -0.2) is 4.98 Å². The van der Waals surface area contributed by atoms with Crippen molar-refractivity contribution in [3.05, 3.63) is 52.7 Å². The van der Waals surface area contributed by atoms with E-state index in [0.29, 0.717) is 17.9 Å². The summed E-state index contributed by atoms with van der Waals surface area (Å²) in [5.74, 6) is 2.11. The summed E-state index contributed by atoms with van der Waals surface area (Å²) in [6.07, 6.45) is 4.00. The molecule has 8 rings (SSSR count). The van der Waals surface area contributed by atoms with Crippen LogP contribution in [0.25, 0.3) is 10.9 Å². The number of anilines is 1. The van der Waals surface area contributed by atoms with E-state index in [-0.39, 0.29) is 11.8 Å². The zero-order chi connectivity index (χ0) is 23.7. The number of aliphatic hydroxyl groups is 1. The van der Waals surface area contributed by atoms with Gasteiger partial charge in [-0.3, -0.25) is 4.90 Å². The van der Waals surface area contributed by atoms with Crippen LogP contribution in [0.5, 0.6) is 17.2 Å². The number of methoxy groups -OCH3 is 1. The molecule has 1 spiro atoms. The van der Waals surface area contributed by atoms with Crippen molar-refractivity contribution in [2.75, 3.05) is 25.9 Å². The average Bonchev–Trinajstić information content (AvgIpc) is 3.60. The molecule has 3 aromatic rings. The number of pyridine rings is 1. The molecule has 0 radical (unpaired) electrons. The van der Waals surface area contributed by atoms with Crippen molar-refractivity contribution < 1.29 is 19.7 Å². The lowest BCUT2D eigenvalue weighted by molar-refractivity contribution is -0.173. The molecule has 35 heavy (non-hydrogen) atoms. The highest BCUT2D eigenvalue weighted by Crippen LogP contribution is 2.69. The average molecular weight is 472 g/mol. The Morgan fingerprint density at radius 2 is 2.11 bits per heavy atom. The van der Waals surface area contributed by atoms with Crippen LogP contribution in [0.4, 0.5) is 5.69 Å². The van der Waals surface area contributed by atoms with Crippen LogP contribution in [0.15, 0.2) is 30.3 Å². The molecule has 7 heteroatoms. The lowest BCUT2D eigenvalue weighted by Crippen LogP contribution is -2.74. The minimum Gasteiger partial charge on any atom is -0.504 e. The van der Waals surface area contributed by atoms with Crippen LogP contribution in [0.3, 0.4) is 0 Å². The van der Waals surface area contributed by atoms with Crippen LogP contribution < -0.4 is 15.2 Å². The second-order valence-corrected chi connectivity index (χ2v) is 11.2. The molecule has 3 heterocycles. The fourth-order valence-corrected chi connectivity index (χ4v) is 7.78. The Bertz CT molecular complexity index is 1440. The number of phenolic OH excluding ortho intramolecular Hbond substituents is 1. The van der Waals surface area contributed by atoms with Gasteiger partial charge in [0.1, 0.15) is 5.75 Å². The van der Waals surface area contributed by atoms with E-state index in [1.807, 2.05) is 24.3 Å². The van der Waals surface area contributed by atoms with Crippen molar-refractivity contribution in [1.82, 2.24) is 9.88 Å². The Morgan fingerprint density at radius 3 is 2.91 bits per heavy atom. The predicted octanol–water partition coefficient (Wildman–Crippen LogP) is 3.23. The van der Waals surface area contributed by atoms with Gasteiger partial charge in [-0.05, 0) is 68.0 Å². The standard InChI is InChI=1S/C28H29N3O4/c1-34-16-5-6-19-17(11-16)23(29)18-12-28(33)21-10-15-4-7-20(32)25-22(15)27(28,26(35-25)24(18)30-19)8-9-31(21)13-14-2-3-14/h4-7,11,14,21,26,32-33H,2-3,8-10,12-13H2,1H3,(H2,29,30)/t21-,26?,27-,28?/m0/s1. The maximum absolute atomic E-state index is 12.8. The van der Waals surface area contributed by atoms with Crippen molar-refractivity contribution >= 4 is 16.6 Å². The summed E-state index contributed by atoms with van der Waals surface area (Å²) in [6, 6.07) is 9.47. The minimum absolute atomic E-state index is 0.0282. The topological polar surface area (TPSA) is 101 Å². The number of nitrogens with zero attached hydrogens (tertiary/aromatic N) is 2. The van der Waals surface area contributed by atoms with Crippen LogP contribution in [0.1, 0.15) is 47.8 Å². The first-order valence-electron chi connectivity index (χ1n) is 12.7. The van der Waals surface area contributed by atoms with E-state index in [9.17, 15) is 10.2 Å². The number of hydrogen-bond acceptors (Lipinski definition) is 7. The molecule has 4 atom stereocenters. The number of phenols is 1. The molecular formula is C28H29N3O4. The summed E-state index contributed by atoms with van der Waals surface area (Å²) in [4.78, 5) is 7.60. The fraction of sp³-hybridized carbons (Fsp3) is 0.464. The molecule has 0 amide bonds. The fourth-order valence-electron chi connectivity index (χ4n) is 7.78. The van der Waals surface area contributed by atoms with Gasteiger partial charge in [0, 0.05) is 41.2 Å². The third kappa shape index (κ3) is 2.31. The predicted molar refractivity (Wildman–Crippen MR) is 131 cm³/mol. The Morgan fingerprint density at radius 1 is 1.26 bits per heavy atom. The van der Waals surface area contributed by atoms with Gasteiger partial charge in [0.05, 0.1) is 29.3 Å². The second-order valence-electron chi connectivity index (χ2n) is 11.2. The maximum atomic E-state index is 12.8. The lowest BCUT2D eigenvalue weighted by atomic mass is 9.48. The van der Waals surface area contributed by atoms with E-state index < -0.39 is 17.1 Å². The third-order valence-electron chi connectivity index (χ3n) is 9.58. The number of aromatic hydroxyl groups is 1. The number of benzene rings is 2. The SMILES string of the molecule is COc1ccc2nc3c(c(N)c2c1)CC1(O)[C@@H]2Cc4ccc(O)c5c4[C@@]1(CCN2CC1CC1)C3O5. The van der Waals surface area contributed by atoms with E-state index in [2.05, 4.69) is 4.90 Å². The van der Waals surface area contributed by atoms with E-state index in [1.165, 1.54) is 18.4 Å². The van der Waals surface area contributed by atoms with Gasteiger partial charge in [0.25, 0.3) is 0 Å². The monoisotopic (exact) mass is 471 g/mol. The van der Waals surface area contributed by atoms with Crippen molar-refractivity contribution in [2.24, 2.45) is 5.92 Å². The summed E-state index contributed by atoms with van der Waals surface area (Å²) in [7, 11) is 1.64. The van der Waals surface area contributed by atoms with Crippen LogP contribution in [-0.2, 0) is 18.3 Å². The Labute approximate surface area is 203 Å². The van der Waals surface area contributed by atoms with Crippen molar-refractivity contribution in [2.45, 2.75) is 55.3 Å². The number of fused-ring (bicyclic) bond motifs is 3. The van der Waals surface area contributed by atoms with Crippen LogP contribution >= 0.6 is 0 Å². The highest BCUT2D eigenvalue weighted by atomic mass is 16.5. The van der Waals surface area contributed by atoms with Gasteiger partial charge in [-0.1, -0.05) is 6.07 Å². The molecule has 4 N–H and O–H groups in total. The summed E-state index contributed by atoms with van der Waals surface area (Å²) < 4.78 is 12.0. The van der Waals surface area contributed by atoms with E-state index in [1.54, 1.807) is 13.2 Å². The summed E-state index contributed by atoms with van der Waals surface area (Å²) >= 11 is 0. The molecule has 1 aromatic heterocycles.